The molecule has 0 aliphatic carbocycles. The van der Waals surface area contributed by atoms with Gasteiger partial charge in [0.05, 0.1) is 6.61 Å². The zero-order chi connectivity index (χ0) is 18.1. The molecule has 0 unspecified atom stereocenters. The summed E-state index contributed by atoms with van der Waals surface area (Å²) >= 11 is 0. The molecule has 4 nitrogen and oxygen atoms in total. The quantitative estimate of drug-likeness (QED) is 0.727. The van der Waals surface area contributed by atoms with Crippen LogP contribution in [-0.4, -0.2) is 30.5 Å². The fraction of sp³-hybridized carbons (Fsp3) is 0.381. The molecule has 134 valence electrons. The lowest BCUT2D eigenvalue weighted by molar-refractivity contribution is 0.102. The summed E-state index contributed by atoms with van der Waals surface area (Å²) in [7, 11) is 0. The maximum atomic E-state index is 12.3. The molecule has 4 heteroatoms. The lowest BCUT2D eigenvalue weighted by Gasteiger charge is -2.18. The molecule has 0 aliphatic heterocycles. The molecule has 0 bridgehead atoms. The molecule has 0 atom stereocenters. The molecule has 0 saturated heterocycles. The predicted molar refractivity (Wildman–Crippen MR) is 103 cm³/mol. The minimum atomic E-state index is -0.112. The van der Waals surface area contributed by atoms with E-state index < -0.39 is 0 Å². The first-order valence-electron chi connectivity index (χ1n) is 9.01. The van der Waals surface area contributed by atoms with Crippen molar-refractivity contribution < 1.29 is 9.53 Å². The standard InChI is InChI=1S/C21H28N2O2/c1-4-15-25-20-13-9-18(10-14-20)21(24)22-19-11-7-17(8-12-19)16-23(5-2)6-3/h7-14H,4-6,15-16H2,1-3H3,(H,22,24). The van der Waals surface area contributed by atoms with Crippen LogP contribution in [-0.2, 0) is 6.54 Å². The van der Waals surface area contributed by atoms with Crippen LogP contribution in [0.1, 0.15) is 43.1 Å². The number of carbonyl (C=O) groups excluding carboxylic acids is 1. The molecule has 1 N–H and O–H groups in total. The lowest BCUT2D eigenvalue weighted by Crippen LogP contribution is -2.22. The number of ether oxygens (including phenoxy) is 1. The van der Waals surface area contributed by atoms with Gasteiger partial charge >= 0.3 is 0 Å². The minimum Gasteiger partial charge on any atom is -0.494 e. The average molecular weight is 340 g/mol. The summed E-state index contributed by atoms with van der Waals surface area (Å²) < 4.78 is 5.54. The van der Waals surface area contributed by atoms with Gasteiger partial charge in [-0.1, -0.05) is 32.9 Å². The minimum absolute atomic E-state index is 0.112. The van der Waals surface area contributed by atoms with Crippen LogP contribution in [0.5, 0.6) is 5.75 Å². The Morgan fingerprint density at radius 1 is 0.960 bits per heavy atom. The highest BCUT2D eigenvalue weighted by atomic mass is 16.5. The first-order valence-corrected chi connectivity index (χ1v) is 9.01. The van der Waals surface area contributed by atoms with Crippen LogP contribution >= 0.6 is 0 Å². The Labute approximate surface area is 150 Å². The van der Waals surface area contributed by atoms with Crippen molar-refractivity contribution in [2.45, 2.75) is 33.7 Å². The summed E-state index contributed by atoms with van der Waals surface area (Å²) in [5, 5.41) is 2.94. The Hall–Kier alpha value is -2.33. The van der Waals surface area contributed by atoms with E-state index in [0.29, 0.717) is 12.2 Å². The van der Waals surface area contributed by atoms with E-state index in [1.54, 1.807) is 12.1 Å². The van der Waals surface area contributed by atoms with Crippen molar-refractivity contribution in [2.75, 3.05) is 25.0 Å². The van der Waals surface area contributed by atoms with Crippen molar-refractivity contribution in [3.05, 3.63) is 59.7 Å². The third-order valence-corrected chi connectivity index (χ3v) is 4.10. The number of rotatable bonds is 9. The number of amides is 1. The molecule has 2 aromatic rings. The molecule has 1 amide bonds. The van der Waals surface area contributed by atoms with Crippen LogP contribution < -0.4 is 10.1 Å². The number of anilines is 1. The van der Waals surface area contributed by atoms with Crippen molar-refractivity contribution >= 4 is 11.6 Å². The summed E-state index contributed by atoms with van der Waals surface area (Å²) in [6.45, 7) is 10.1. The maximum absolute atomic E-state index is 12.3. The monoisotopic (exact) mass is 340 g/mol. The van der Waals surface area contributed by atoms with Crippen molar-refractivity contribution in [1.82, 2.24) is 4.90 Å². The Balaban J connectivity index is 1.93. The molecule has 0 aromatic heterocycles. The number of hydrogen-bond acceptors (Lipinski definition) is 3. The summed E-state index contributed by atoms with van der Waals surface area (Å²) in [5.74, 6) is 0.678. The molecule has 0 saturated carbocycles. The molecular formula is C21H28N2O2. The Morgan fingerprint density at radius 3 is 2.16 bits per heavy atom. The molecule has 0 heterocycles. The van der Waals surface area contributed by atoms with Gasteiger partial charge in [0.15, 0.2) is 0 Å². The fourth-order valence-electron chi connectivity index (χ4n) is 2.52. The zero-order valence-electron chi connectivity index (χ0n) is 15.4. The molecule has 0 aliphatic rings. The second kappa shape index (κ2) is 9.84. The van der Waals surface area contributed by atoms with Gasteiger partial charge in [-0.05, 0) is 61.5 Å². The highest BCUT2D eigenvalue weighted by molar-refractivity contribution is 6.04. The van der Waals surface area contributed by atoms with Crippen LogP contribution in [0.2, 0.25) is 0 Å². The van der Waals surface area contributed by atoms with Gasteiger partial charge in [-0.2, -0.15) is 0 Å². The first kappa shape index (κ1) is 19.0. The number of benzene rings is 2. The van der Waals surface area contributed by atoms with E-state index in [-0.39, 0.29) is 5.91 Å². The van der Waals surface area contributed by atoms with E-state index in [9.17, 15) is 4.79 Å². The van der Waals surface area contributed by atoms with E-state index in [1.807, 2.05) is 24.3 Å². The van der Waals surface area contributed by atoms with Gasteiger partial charge in [0.2, 0.25) is 0 Å². The topological polar surface area (TPSA) is 41.6 Å². The Morgan fingerprint density at radius 2 is 1.60 bits per heavy atom. The molecule has 0 fully saturated rings. The highest BCUT2D eigenvalue weighted by Gasteiger charge is 2.07. The lowest BCUT2D eigenvalue weighted by atomic mass is 10.1. The predicted octanol–water partition coefficient (Wildman–Crippen LogP) is 4.57. The number of nitrogens with zero attached hydrogens (tertiary/aromatic N) is 1. The smallest absolute Gasteiger partial charge is 0.255 e. The van der Waals surface area contributed by atoms with Gasteiger partial charge < -0.3 is 10.1 Å². The molecule has 0 spiro atoms. The average Bonchev–Trinajstić information content (AvgIpc) is 2.66. The van der Waals surface area contributed by atoms with Gasteiger partial charge in [-0.15, -0.1) is 0 Å². The Bertz CT molecular complexity index is 647. The third-order valence-electron chi connectivity index (χ3n) is 4.10. The van der Waals surface area contributed by atoms with Crippen molar-refractivity contribution in [2.24, 2.45) is 0 Å². The summed E-state index contributed by atoms with van der Waals surface area (Å²) in [4.78, 5) is 14.7. The van der Waals surface area contributed by atoms with Gasteiger partial charge in [0.1, 0.15) is 5.75 Å². The maximum Gasteiger partial charge on any atom is 0.255 e. The van der Waals surface area contributed by atoms with E-state index in [1.165, 1.54) is 5.56 Å². The second-order valence-corrected chi connectivity index (χ2v) is 5.99. The molecule has 2 aromatic carbocycles. The van der Waals surface area contributed by atoms with Crippen LogP contribution in [0.4, 0.5) is 5.69 Å². The normalized spacial score (nSPS) is 10.7. The fourth-order valence-corrected chi connectivity index (χ4v) is 2.52. The summed E-state index contributed by atoms with van der Waals surface area (Å²) in [6.07, 6.45) is 0.965. The van der Waals surface area contributed by atoms with Gasteiger partial charge in [-0.25, -0.2) is 0 Å². The molecule has 25 heavy (non-hydrogen) atoms. The Kier molecular flexibility index (Phi) is 7.48. The number of carbonyl (C=O) groups is 1. The highest BCUT2D eigenvalue weighted by Crippen LogP contribution is 2.16. The zero-order valence-corrected chi connectivity index (χ0v) is 15.4. The van der Waals surface area contributed by atoms with Crippen LogP contribution in [0, 0.1) is 0 Å². The van der Waals surface area contributed by atoms with Gasteiger partial charge in [0, 0.05) is 17.8 Å². The second-order valence-electron chi connectivity index (χ2n) is 5.99. The van der Waals surface area contributed by atoms with Crippen molar-refractivity contribution in [3.63, 3.8) is 0 Å². The summed E-state index contributed by atoms with van der Waals surface area (Å²) in [6, 6.07) is 15.3. The van der Waals surface area contributed by atoms with E-state index in [0.717, 1.165) is 37.5 Å². The number of hydrogen-bond donors (Lipinski definition) is 1. The van der Waals surface area contributed by atoms with E-state index in [4.69, 9.17) is 4.74 Å². The molecule has 0 radical (unpaired) electrons. The van der Waals surface area contributed by atoms with Gasteiger partial charge in [-0.3, -0.25) is 9.69 Å². The summed E-state index contributed by atoms with van der Waals surface area (Å²) in [5.41, 5.74) is 2.68. The largest absolute Gasteiger partial charge is 0.494 e. The van der Waals surface area contributed by atoms with E-state index >= 15 is 0 Å². The molecule has 2 rings (SSSR count). The van der Waals surface area contributed by atoms with Crippen molar-refractivity contribution in [3.8, 4) is 5.75 Å². The van der Waals surface area contributed by atoms with Crippen LogP contribution in [0.25, 0.3) is 0 Å². The van der Waals surface area contributed by atoms with Gasteiger partial charge in [0.25, 0.3) is 5.91 Å². The first-order chi connectivity index (χ1) is 12.2. The van der Waals surface area contributed by atoms with Crippen LogP contribution in [0.3, 0.4) is 0 Å². The molecular weight excluding hydrogens is 312 g/mol. The van der Waals surface area contributed by atoms with Crippen molar-refractivity contribution in [1.29, 1.82) is 0 Å². The SMILES string of the molecule is CCCOc1ccc(C(=O)Nc2ccc(CN(CC)CC)cc2)cc1. The van der Waals surface area contributed by atoms with Crippen LogP contribution in [0.15, 0.2) is 48.5 Å². The number of nitrogens with one attached hydrogen (secondary N) is 1. The third kappa shape index (κ3) is 5.91. The van der Waals surface area contributed by atoms with E-state index in [2.05, 4.69) is 43.1 Å².